The van der Waals surface area contributed by atoms with Gasteiger partial charge in [0, 0.05) is 31.7 Å². The summed E-state index contributed by atoms with van der Waals surface area (Å²) in [5, 5.41) is 13.8. The molecular weight excluding hydrogens is 338 g/mol. The zero-order valence-electron chi connectivity index (χ0n) is 14.4. The van der Waals surface area contributed by atoms with E-state index in [9.17, 15) is 18.7 Å². The molecule has 1 aliphatic rings. The topological polar surface area (TPSA) is 52.6 Å². The number of aliphatic hydroxyl groups is 1. The van der Waals surface area contributed by atoms with Crippen molar-refractivity contribution < 1.29 is 18.7 Å². The number of likely N-dealkylation sites (tertiary alicyclic amines) is 1. The zero-order chi connectivity index (χ0) is 18.6. The van der Waals surface area contributed by atoms with E-state index >= 15 is 0 Å². The quantitative estimate of drug-likeness (QED) is 0.833. The molecule has 6 heteroatoms. The summed E-state index contributed by atoms with van der Waals surface area (Å²) in [5.74, 6) is -1.05. The van der Waals surface area contributed by atoms with Crippen molar-refractivity contribution in [2.45, 2.75) is 31.5 Å². The Hall–Kier alpha value is -2.31. The molecule has 1 amide bonds. The molecule has 26 heavy (non-hydrogen) atoms. The van der Waals surface area contributed by atoms with Crippen LogP contribution in [-0.4, -0.2) is 34.6 Å². The summed E-state index contributed by atoms with van der Waals surface area (Å²) in [6.07, 6.45) is 1.00. The van der Waals surface area contributed by atoms with Crippen LogP contribution in [0.3, 0.4) is 0 Å². The number of amides is 1. The van der Waals surface area contributed by atoms with Gasteiger partial charge in [-0.2, -0.15) is 0 Å². The van der Waals surface area contributed by atoms with Gasteiger partial charge >= 0.3 is 0 Å². The van der Waals surface area contributed by atoms with Gasteiger partial charge in [0.15, 0.2) is 5.60 Å². The van der Waals surface area contributed by atoms with Gasteiger partial charge in [-0.1, -0.05) is 30.3 Å². The third-order valence-electron chi connectivity index (χ3n) is 4.68. The van der Waals surface area contributed by atoms with Crippen LogP contribution in [0.1, 0.15) is 24.0 Å². The Morgan fingerprint density at radius 2 is 1.85 bits per heavy atom. The van der Waals surface area contributed by atoms with Crippen LogP contribution in [0.25, 0.3) is 0 Å². The molecule has 0 saturated carbocycles. The highest BCUT2D eigenvalue weighted by atomic mass is 19.1. The maximum absolute atomic E-state index is 13.8. The second-order valence-corrected chi connectivity index (χ2v) is 6.68. The molecule has 2 N–H and O–H groups in total. The van der Waals surface area contributed by atoms with Crippen molar-refractivity contribution in [3.05, 3.63) is 71.3 Å². The zero-order valence-corrected chi connectivity index (χ0v) is 14.4. The molecule has 4 nitrogen and oxygen atoms in total. The molecule has 0 radical (unpaired) electrons. The molecule has 2 aromatic rings. The summed E-state index contributed by atoms with van der Waals surface area (Å²) >= 11 is 0. The first-order chi connectivity index (χ1) is 12.5. The summed E-state index contributed by atoms with van der Waals surface area (Å²) in [6.45, 7) is 1.15. The van der Waals surface area contributed by atoms with Gasteiger partial charge in [0.2, 0.25) is 0 Å². The molecule has 0 aliphatic carbocycles. The number of nitrogens with one attached hydrogen (secondary N) is 1. The Morgan fingerprint density at radius 3 is 2.58 bits per heavy atom. The van der Waals surface area contributed by atoms with E-state index in [4.69, 9.17) is 0 Å². The number of nitrogens with zero attached hydrogens (tertiary/aromatic N) is 1. The number of carbonyl (C=O) groups excluding carboxylic acids is 1. The first kappa shape index (κ1) is 18.5. The smallest absolute Gasteiger partial charge is 0.256 e. The highest BCUT2D eigenvalue weighted by molar-refractivity contribution is 5.86. The van der Waals surface area contributed by atoms with Crippen molar-refractivity contribution >= 4 is 5.91 Å². The number of hydrogen-bond donors (Lipinski definition) is 2. The molecule has 3 rings (SSSR count). The van der Waals surface area contributed by atoms with Crippen LogP contribution >= 0.6 is 0 Å². The van der Waals surface area contributed by atoms with Crippen molar-refractivity contribution in [2.24, 2.45) is 0 Å². The molecule has 0 aromatic heterocycles. The van der Waals surface area contributed by atoms with Crippen molar-refractivity contribution in [3.8, 4) is 0 Å². The van der Waals surface area contributed by atoms with Crippen LogP contribution in [0.15, 0.2) is 48.5 Å². The Kier molecular flexibility index (Phi) is 5.64. The number of carbonyl (C=O) groups is 1. The minimum atomic E-state index is -1.51. The van der Waals surface area contributed by atoms with E-state index in [1.165, 1.54) is 23.1 Å². The second kappa shape index (κ2) is 7.93. The van der Waals surface area contributed by atoms with Gasteiger partial charge in [0.05, 0.1) is 0 Å². The van der Waals surface area contributed by atoms with Crippen molar-refractivity contribution in [1.29, 1.82) is 0 Å². The van der Waals surface area contributed by atoms with Crippen LogP contribution in [0.5, 0.6) is 0 Å². The number of rotatable bonds is 6. The SMILES string of the molecule is O=C1N(Cc2ccccc2F)CCCC1(O)CNCc1ccc(F)cc1. The Bertz CT molecular complexity index is 767. The first-order valence-electron chi connectivity index (χ1n) is 8.68. The summed E-state index contributed by atoms with van der Waals surface area (Å²) in [6, 6.07) is 12.4. The van der Waals surface area contributed by atoms with Crippen molar-refractivity contribution in [3.63, 3.8) is 0 Å². The Labute approximate surface area is 151 Å². The fraction of sp³-hybridized carbons (Fsp3) is 0.350. The van der Waals surface area contributed by atoms with Gasteiger partial charge in [-0.15, -0.1) is 0 Å². The minimum Gasteiger partial charge on any atom is -0.379 e. The van der Waals surface area contributed by atoms with Crippen LogP contribution in [0.4, 0.5) is 8.78 Å². The molecule has 0 bridgehead atoms. The van der Waals surface area contributed by atoms with Gasteiger partial charge in [-0.25, -0.2) is 8.78 Å². The molecule has 1 unspecified atom stereocenters. The maximum Gasteiger partial charge on any atom is 0.256 e. The first-order valence-corrected chi connectivity index (χ1v) is 8.68. The summed E-state index contributed by atoms with van der Waals surface area (Å²) in [5.41, 5.74) is -0.213. The van der Waals surface area contributed by atoms with Crippen LogP contribution in [0.2, 0.25) is 0 Å². The van der Waals surface area contributed by atoms with Gasteiger partial charge in [-0.3, -0.25) is 4.79 Å². The van der Waals surface area contributed by atoms with Crippen LogP contribution in [0, 0.1) is 11.6 Å². The monoisotopic (exact) mass is 360 g/mol. The second-order valence-electron chi connectivity index (χ2n) is 6.68. The normalized spacial score (nSPS) is 20.4. The summed E-state index contributed by atoms with van der Waals surface area (Å²) < 4.78 is 26.8. The molecule has 1 heterocycles. The van der Waals surface area contributed by atoms with E-state index in [-0.39, 0.29) is 24.7 Å². The molecule has 1 saturated heterocycles. The van der Waals surface area contributed by atoms with E-state index in [0.717, 1.165) is 5.56 Å². The van der Waals surface area contributed by atoms with Gasteiger partial charge in [0.25, 0.3) is 5.91 Å². The standard InChI is InChI=1S/C20H22F2N2O2/c21-17-8-6-15(7-9-17)12-23-14-20(26)10-3-11-24(19(20)25)13-16-4-1-2-5-18(16)22/h1-2,4-9,23,26H,3,10-14H2. The summed E-state index contributed by atoms with van der Waals surface area (Å²) in [4.78, 5) is 14.2. The van der Waals surface area contributed by atoms with Gasteiger partial charge in [0.1, 0.15) is 11.6 Å². The lowest BCUT2D eigenvalue weighted by atomic mass is 9.91. The van der Waals surface area contributed by atoms with E-state index in [1.54, 1.807) is 30.3 Å². The molecular formula is C20H22F2N2O2. The fourth-order valence-electron chi connectivity index (χ4n) is 3.23. The summed E-state index contributed by atoms with van der Waals surface area (Å²) in [7, 11) is 0. The van der Waals surface area contributed by atoms with Crippen LogP contribution < -0.4 is 5.32 Å². The lowest BCUT2D eigenvalue weighted by Crippen LogP contribution is -2.57. The average Bonchev–Trinajstić information content (AvgIpc) is 2.63. The molecule has 1 fully saturated rings. The molecule has 1 atom stereocenters. The third-order valence-corrected chi connectivity index (χ3v) is 4.68. The Morgan fingerprint density at radius 1 is 1.12 bits per heavy atom. The van der Waals surface area contributed by atoms with E-state index in [2.05, 4.69) is 5.32 Å². The Balaban J connectivity index is 1.60. The molecule has 0 spiro atoms. The third kappa shape index (κ3) is 4.26. The van der Waals surface area contributed by atoms with E-state index in [0.29, 0.717) is 31.5 Å². The van der Waals surface area contributed by atoms with E-state index < -0.39 is 11.5 Å². The highest BCUT2D eigenvalue weighted by Gasteiger charge is 2.41. The highest BCUT2D eigenvalue weighted by Crippen LogP contribution is 2.24. The van der Waals surface area contributed by atoms with Crippen molar-refractivity contribution in [2.75, 3.05) is 13.1 Å². The van der Waals surface area contributed by atoms with Gasteiger partial charge in [-0.05, 0) is 36.6 Å². The van der Waals surface area contributed by atoms with E-state index in [1.807, 2.05) is 0 Å². The fourth-order valence-corrected chi connectivity index (χ4v) is 3.23. The number of halogens is 2. The largest absolute Gasteiger partial charge is 0.379 e. The van der Waals surface area contributed by atoms with Crippen molar-refractivity contribution in [1.82, 2.24) is 10.2 Å². The van der Waals surface area contributed by atoms with Gasteiger partial charge < -0.3 is 15.3 Å². The average molecular weight is 360 g/mol. The predicted molar refractivity (Wildman–Crippen MR) is 94.1 cm³/mol. The number of benzene rings is 2. The minimum absolute atomic E-state index is 0.0942. The predicted octanol–water partition coefficient (Wildman–Crippen LogP) is 2.61. The lowest BCUT2D eigenvalue weighted by Gasteiger charge is -2.38. The lowest BCUT2D eigenvalue weighted by molar-refractivity contribution is -0.157. The molecule has 138 valence electrons. The number of piperidine rings is 1. The molecule has 1 aliphatic heterocycles. The van der Waals surface area contributed by atoms with Crippen LogP contribution in [-0.2, 0) is 17.9 Å². The number of hydrogen-bond acceptors (Lipinski definition) is 3. The maximum atomic E-state index is 13.8. The molecule has 2 aromatic carbocycles.